The van der Waals surface area contributed by atoms with Crippen molar-refractivity contribution in [1.29, 1.82) is 0 Å². The van der Waals surface area contributed by atoms with E-state index < -0.39 is 0 Å². The number of benzene rings is 2. The number of hydrogen-bond donors (Lipinski definition) is 1. The predicted molar refractivity (Wildman–Crippen MR) is 88.5 cm³/mol. The first-order valence-electron chi connectivity index (χ1n) is 7.16. The third kappa shape index (κ3) is 2.71. The molecule has 108 valence electrons. The maximum Gasteiger partial charge on any atom is 0.123 e. The number of rotatable bonds is 4. The lowest BCUT2D eigenvalue weighted by atomic mass is 9.94. The monoisotopic (exact) mass is 299 g/mol. The summed E-state index contributed by atoms with van der Waals surface area (Å²) < 4.78 is 14.9. The van der Waals surface area contributed by atoms with E-state index in [1.54, 1.807) is 17.4 Å². The predicted octanol–water partition coefficient (Wildman–Crippen LogP) is 5.05. The standard InChI is InChI=1S/C18H18FNS/c1-3-20-18(15-10-13(19)9-8-12(15)2)16-11-21-17-7-5-4-6-14(16)17/h4-11,18,20H,3H2,1-2H3. The van der Waals surface area contributed by atoms with Gasteiger partial charge < -0.3 is 5.32 Å². The summed E-state index contributed by atoms with van der Waals surface area (Å²) >= 11 is 1.74. The highest BCUT2D eigenvalue weighted by atomic mass is 32.1. The summed E-state index contributed by atoms with van der Waals surface area (Å²) in [7, 11) is 0. The van der Waals surface area contributed by atoms with Gasteiger partial charge in [-0.2, -0.15) is 0 Å². The molecule has 0 bridgehead atoms. The maximum absolute atomic E-state index is 13.7. The van der Waals surface area contributed by atoms with Gasteiger partial charge in [-0.05, 0) is 59.1 Å². The number of fused-ring (bicyclic) bond motifs is 1. The molecule has 0 amide bonds. The molecule has 0 aliphatic rings. The second kappa shape index (κ2) is 5.96. The lowest BCUT2D eigenvalue weighted by Gasteiger charge is -2.20. The zero-order chi connectivity index (χ0) is 14.8. The molecule has 0 saturated carbocycles. The topological polar surface area (TPSA) is 12.0 Å². The number of nitrogens with one attached hydrogen (secondary N) is 1. The van der Waals surface area contributed by atoms with Gasteiger partial charge in [0.15, 0.2) is 0 Å². The molecule has 0 saturated heterocycles. The molecule has 1 aromatic heterocycles. The third-order valence-electron chi connectivity index (χ3n) is 3.78. The van der Waals surface area contributed by atoms with E-state index in [4.69, 9.17) is 0 Å². The lowest BCUT2D eigenvalue weighted by molar-refractivity contribution is 0.603. The van der Waals surface area contributed by atoms with E-state index in [1.807, 2.05) is 13.0 Å². The van der Waals surface area contributed by atoms with Crippen LogP contribution in [0.25, 0.3) is 10.1 Å². The Balaban J connectivity index is 2.15. The first-order valence-corrected chi connectivity index (χ1v) is 8.04. The normalized spacial score (nSPS) is 12.7. The van der Waals surface area contributed by atoms with Crippen LogP contribution in [0.15, 0.2) is 47.8 Å². The van der Waals surface area contributed by atoms with Crippen molar-refractivity contribution in [2.24, 2.45) is 0 Å². The second-order valence-electron chi connectivity index (χ2n) is 5.18. The van der Waals surface area contributed by atoms with Crippen LogP contribution in [0.1, 0.15) is 29.7 Å². The van der Waals surface area contributed by atoms with Crippen LogP contribution in [0.5, 0.6) is 0 Å². The minimum atomic E-state index is -0.182. The molecule has 0 fully saturated rings. The fraction of sp³-hybridized carbons (Fsp3) is 0.222. The first kappa shape index (κ1) is 14.2. The average molecular weight is 299 g/mol. The average Bonchev–Trinajstić information content (AvgIpc) is 2.91. The molecule has 1 heterocycles. The fourth-order valence-electron chi connectivity index (χ4n) is 2.74. The van der Waals surface area contributed by atoms with E-state index in [2.05, 4.69) is 41.9 Å². The molecular formula is C18H18FNS. The molecular weight excluding hydrogens is 281 g/mol. The lowest BCUT2D eigenvalue weighted by Crippen LogP contribution is -2.22. The number of thiophene rings is 1. The Bertz CT molecular complexity index is 763. The van der Waals surface area contributed by atoms with Gasteiger partial charge in [0.1, 0.15) is 5.82 Å². The van der Waals surface area contributed by atoms with Crippen molar-refractivity contribution < 1.29 is 4.39 Å². The number of hydrogen-bond acceptors (Lipinski definition) is 2. The molecule has 21 heavy (non-hydrogen) atoms. The quantitative estimate of drug-likeness (QED) is 0.711. The van der Waals surface area contributed by atoms with Gasteiger partial charge in [0, 0.05) is 4.70 Å². The zero-order valence-corrected chi connectivity index (χ0v) is 13.0. The van der Waals surface area contributed by atoms with E-state index in [-0.39, 0.29) is 11.9 Å². The van der Waals surface area contributed by atoms with Gasteiger partial charge in [-0.15, -0.1) is 11.3 Å². The van der Waals surface area contributed by atoms with Crippen LogP contribution in [0.2, 0.25) is 0 Å². The van der Waals surface area contributed by atoms with E-state index >= 15 is 0 Å². The Labute approximate surface area is 128 Å². The molecule has 3 heteroatoms. The summed E-state index contributed by atoms with van der Waals surface area (Å²) in [4.78, 5) is 0. The zero-order valence-electron chi connectivity index (χ0n) is 12.2. The van der Waals surface area contributed by atoms with Gasteiger partial charge in [0.2, 0.25) is 0 Å². The second-order valence-corrected chi connectivity index (χ2v) is 6.09. The molecule has 3 rings (SSSR count). The van der Waals surface area contributed by atoms with Crippen LogP contribution in [0.3, 0.4) is 0 Å². The summed E-state index contributed by atoms with van der Waals surface area (Å²) in [5.41, 5.74) is 3.35. The molecule has 0 spiro atoms. The summed E-state index contributed by atoms with van der Waals surface area (Å²) in [5.74, 6) is -0.182. The molecule has 0 radical (unpaired) electrons. The Kier molecular flexibility index (Phi) is 4.04. The van der Waals surface area contributed by atoms with E-state index in [0.29, 0.717) is 0 Å². The van der Waals surface area contributed by atoms with Gasteiger partial charge in [-0.25, -0.2) is 4.39 Å². The van der Waals surface area contributed by atoms with Crippen molar-refractivity contribution in [3.05, 3.63) is 70.4 Å². The molecule has 0 aliphatic carbocycles. The highest BCUT2D eigenvalue weighted by Crippen LogP contribution is 2.34. The molecule has 1 unspecified atom stereocenters. The van der Waals surface area contributed by atoms with Crippen LogP contribution < -0.4 is 5.32 Å². The van der Waals surface area contributed by atoms with Crippen LogP contribution in [-0.2, 0) is 0 Å². The van der Waals surface area contributed by atoms with Crippen LogP contribution in [-0.4, -0.2) is 6.54 Å². The van der Waals surface area contributed by atoms with Gasteiger partial charge in [0.25, 0.3) is 0 Å². The maximum atomic E-state index is 13.7. The number of aryl methyl sites for hydroxylation is 1. The van der Waals surface area contributed by atoms with Crippen molar-refractivity contribution >= 4 is 21.4 Å². The summed E-state index contributed by atoms with van der Waals surface area (Å²) in [6, 6.07) is 13.4. The van der Waals surface area contributed by atoms with Crippen molar-refractivity contribution in [3.63, 3.8) is 0 Å². The minimum Gasteiger partial charge on any atom is -0.306 e. The molecule has 1 nitrogen and oxygen atoms in total. The van der Waals surface area contributed by atoms with E-state index in [1.165, 1.54) is 21.7 Å². The summed E-state index contributed by atoms with van der Waals surface area (Å²) in [5, 5.41) is 6.93. The van der Waals surface area contributed by atoms with Gasteiger partial charge in [-0.1, -0.05) is 31.2 Å². The highest BCUT2D eigenvalue weighted by Gasteiger charge is 2.19. The largest absolute Gasteiger partial charge is 0.306 e. The smallest absolute Gasteiger partial charge is 0.123 e. The first-order chi connectivity index (χ1) is 10.2. The summed E-state index contributed by atoms with van der Waals surface area (Å²) in [6.45, 7) is 4.95. The molecule has 3 aromatic rings. The van der Waals surface area contributed by atoms with Crippen LogP contribution in [0, 0.1) is 12.7 Å². The number of halogens is 1. The Morgan fingerprint density at radius 1 is 1.14 bits per heavy atom. The van der Waals surface area contributed by atoms with E-state index in [9.17, 15) is 4.39 Å². The van der Waals surface area contributed by atoms with Crippen molar-refractivity contribution in [2.45, 2.75) is 19.9 Å². The highest BCUT2D eigenvalue weighted by molar-refractivity contribution is 7.17. The van der Waals surface area contributed by atoms with Gasteiger partial charge >= 0.3 is 0 Å². The van der Waals surface area contributed by atoms with Crippen LogP contribution in [0.4, 0.5) is 4.39 Å². The third-order valence-corrected chi connectivity index (χ3v) is 4.76. The molecule has 2 aromatic carbocycles. The molecule has 0 aliphatic heterocycles. The van der Waals surface area contributed by atoms with E-state index in [0.717, 1.165) is 17.7 Å². The fourth-order valence-corrected chi connectivity index (χ4v) is 3.72. The van der Waals surface area contributed by atoms with Crippen LogP contribution >= 0.6 is 11.3 Å². The summed E-state index contributed by atoms with van der Waals surface area (Å²) in [6.07, 6.45) is 0. The SMILES string of the molecule is CCNC(c1cc(F)ccc1C)c1csc2ccccc12. The van der Waals surface area contributed by atoms with Crippen molar-refractivity contribution in [3.8, 4) is 0 Å². The molecule has 1 atom stereocenters. The Morgan fingerprint density at radius 3 is 2.76 bits per heavy atom. The van der Waals surface area contributed by atoms with Gasteiger partial charge in [0.05, 0.1) is 6.04 Å². The van der Waals surface area contributed by atoms with Crippen molar-refractivity contribution in [2.75, 3.05) is 6.54 Å². The Morgan fingerprint density at radius 2 is 1.95 bits per heavy atom. The minimum absolute atomic E-state index is 0.0295. The van der Waals surface area contributed by atoms with Gasteiger partial charge in [-0.3, -0.25) is 0 Å². The Hall–Kier alpha value is -1.71. The molecule has 1 N–H and O–H groups in total. The van der Waals surface area contributed by atoms with Crippen molar-refractivity contribution in [1.82, 2.24) is 5.32 Å².